The molecule has 0 radical (unpaired) electrons. The van der Waals surface area contributed by atoms with Crippen LogP contribution in [-0.4, -0.2) is 24.0 Å². The number of para-hydroxylation sites is 2. The van der Waals surface area contributed by atoms with Crippen LogP contribution in [0.25, 0.3) is 22.6 Å². The third-order valence-corrected chi connectivity index (χ3v) is 4.92. The number of hydrogen-bond donors (Lipinski definition) is 1. The topological polar surface area (TPSA) is 58.4 Å². The van der Waals surface area contributed by atoms with Crippen LogP contribution >= 0.6 is 0 Å². The first-order valence-corrected chi connectivity index (χ1v) is 9.80. The number of carbonyl (C=O) groups is 1. The predicted octanol–water partition coefficient (Wildman–Crippen LogP) is 5.59. The third kappa shape index (κ3) is 3.99. The van der Waals surface area contributed by atoms with E-state index in [0.717, 1.165) is 35.4 Å². The number of aromatic nitrogens is 1. The molecule has 1 aromatic heterocycles. The molecule has 3 aromatic carbocycles. The lowest BCUT2D eigenvalue weighted by molar-refractivity contribution is 0.102. The maximum atomic E-state index is 12.7. The summed E-state index contributed by atoms with van der Waals surface area (Å²) in [6, 6.07) is 22.8. The monoisotopic (exact) mass is 385 g/mol. The van der Waals surface area contributed by atoms with Crippen molar-refractivity contribution < 1.29 is 9.21 Å². The molecular formula is C24H23N3O2. The van der Waals surface area contributed by atoms with Crippen molar-refractivity contribution in [3.8, 4) is 11.5 Å². The van der Waals surface area contributed by atoms with Crippen LogP contribution in [0.2, 0.25) is 0 Å². The number of rotatable bonds is 6. The van der Waals surface area contributed by atoms with Crippen LogP contribution in [0, 0.1) is 0 Å². The number of oxazole rings is 1. The maximum Gasteiger partial charge on any atom is 0.255 e. The summed E-state index contributed by atoms with van der Waals surface area (Å²) in [5.74, 6) is 0.386. The largest absolute Gasteiger partial charge is 0.436 e. The second kappa shape index (κ2) is 8.19. The SMILES string of the molecule is CCN(CC)c1ccc(C(=O)Nc2cccc(-c3nc4ccccc4o3)c2)cc1. The first-order chi connectivity index (χ1) is 14.2. The predicted molar refractivity (Wildman–Crippen MR) is 117 cm³/mol. The highest BCUT2D eigenvalue weighted by molar-refractivity contribution is 6.04. The fourth-order valence-corrected chi connectivity index (χ4v) is 3.34. The van der Waals surface area contributed by atoms with Gasteiger partial charge in [-0.25, -0.2) is 4.98 Å². The maximum absolute atomic E-state index is 12.7. The second-order valence-corrected chi connectivity index (χ2v) is 6.74. The molecule has 0 atom stereocenters. The van der Waals surface area contributed by atoms with Gasteiger partial charge in [0.15, 0.2) is 5.58 Å². The Morgan fingerprint density at radius 3 is 2.45 bits per heavy atom. The number of hydrogen-bond acceptors (Lipinski definition) is 4. The molecule has 5 nitrogen and oxygen atoms in total. The minimum absolute atomic E-state index is 0.147. The van der Waals surface area contributed by atoms with Gasteiger partial charge in [-0.1, -0.05) is 18.2 Å². The third-order valence-electron chi connectivity index (χ3n) is 4.92. The lowest BCUT2D eigenvalue weighted by Crippen LogP contribution is -2.21. The Morgan fingerprint density at radius 1 is 0.966 bits per heavy atom. The molecule has 4 aromatic rings. The average molecular weight is 385 g/mol. The summed E-state index contributed by atoms with van der Waals surface area (Å²) < 4.78 is 5.83. The average Bonchev–Trinajstić information content (AvgIpc) is 3.20. The summed E-state index contributed by atoms with van der Waals surface area (Å²) in [6.07, 6.45) is 0. The first-order valence-electron chi connectivity index (χ1n) is 9.80. The molecule has 0 aliphatic carbocycles. The fourth-order valence-electron chi connectivity index (χ4n) is 3.34. The van der Waals surface area contributed by atoms with E-state index in [0.29, 0.717) is 17.1 Å². The van der Waals surface area contributed by atoms with E-state index in [9.17, 15) is 4.79 Å². The Kier molecular flexibility index (Phi) is 5.29. The van der Waals surface area contributed by atoms with E-state index in [1.807, 2.05) is 72.8 Å². The summed E-state index contributed by atoms with van der Waals surface area (Å²) in [5.41, 5.74) is 4.80. The molecule has 1 N–H and O–H groups in total. The van der Waals surface area contributed by atoms with Crippen molar-refractivity contribution in [2.24, 2.45) is 0 Å². The van der Waals surface area contributed by atoms with Gasteiger partial charge < -0.3 is 14.6 Å². The number of amides is 1. The van der Waals surface area contributed by atoms with E-state index in [1.54, 1.807) is 0 Å². The summed E-state index contributed by atoms with van der Waals surface area (Å²) in [4.78, 5) is 19.4. The van der Waals surface area contributed by atoms with E-state index < -0.39 is 0 Å². The molecule has 146 valence electrons. The molecule has 0 aliphatic heterocycles. The van der Waals surface area contributed by atoms with E-state index in [4.69, 9.17) is 4.42 Å². The van der Waals surface area contributed by atoms with Crippen LogP contribution in [-0.2, 0) is 0 Å². The zero-order valence-electron chi connectivity index (χ0n) is 16.6. The summed E-state index contributed by atoms with van der Waals surface area (Å²) in [7, 11) is 0. The zero-order chi connectivity index (χ0) is 20.2. The normalized spacial score (nSPS) is 10.8. The quantitative estimate of drug-likeness (QED) is 0.470. The van der Waals surface area contributed by atoms with Crippen molar-refractivity contribution in [3.63, 3.8) is 0 Å². The van der Waals surface area contributed by atoms with Gasteiger partial charge in [-0.05, 0) is 68.4 Å². The smallest absolute Gasteiger partial charge is 0.255 e. The zero-order valence-corrected chi connectivity index (χ0v) is 16.6. The molecule has 1 amide bonds. The van der Waals surface area contributed by atoms with Crippen molar-refractivity contribution in [1.82, 2.24) is 4.98 Å². The minimum Gasteiger partial charge on any atom is -0.436 e. The number of carbonyl (C=O) groups excluding carboxylic acids is 1. The van der Waals surface area contributed by atoms with Crippen LogP contribution in [0.4, 0.5) is 11.4 Å². The van der Waals surface area contributed by atoms with Gasteiger partial charge in [0.25, 0.3) is 5.91 Å². The molecule has 0 fully saturated rings. The van der Waals surface area contributed by atoms with Crippen LogP contribution in [0.1, 0.15) is 24.2 Å². The molecule has 0 saturated heterocycles. The van der Waals surface area contributed by atoms with Gasteiger partial charge in [-0.2, -0.15) is 0 Å². The van der Waals surface area contributed by atoms with E-state index in [2.05, 4.69) is 29.0 Å². The van der Waals surface area contributed by atoms with E-state index in [1.165, 1.54) is 0 Å². The molecule has 0 spiro atoms. The van der Waals surface area contributed by atoms with Gasteiger partial charge in [0.05, 0.1) is 0 Å². The van der Waals surface area contributed by atoms with Crippen LogP contribution in [0.15, 0.2) is 77.2 Å². The lowest BCUT2D eigenvalue weighted by Gasteiger charge is -2.21. The van der Waals surface area contributed by atoms with Crippen molar-refractivity contribution >= 4 is 28.4 Å². The van der Waals surface area contributed by atoms with Crippen LogP contribution in [0.5, 0.6) is 0 Å². The van der Waals surface area contributed by atoms with Gasteiger partial charge >= 0.3 is 0 Å². The molecule has 5 heteroatoms. The summed E-state index contributed by atoms with van der Waals surface area (Å²) in [6.45, 7) is 6.11. The molecule has 0 unspecified atom stereocenters. The highest BCUT2D eigenvalue weighted by atomic mass is 16.3. The Labute approximate surface area is 170 Å². The van der Waals surface area contributed by atoms with E-state index >= 15 is 0 Å². The van der Waals surface area contributed by atoms with Crippen LogP contribution in [0.3, 0.4) is 0 Å². The van der Waals surface area contributed by atoms with Crippen molar-refractivity contribution in [3.05, 3.63) is 78.4 Å². The van der Waals surface area contributed by atoms with Gasteiger partial charge in [0.2, 0.25) is 5.89 Å². The van der Waals surface area contributed by atoms with Crippen molar-refractivity contribution in [1.29, 1.82) is 0 Å². The van der Waals surface area contributed by atoms with E-state index in [-0.39, 0.29) is 5.91 Å². The number of nitrogens with zero attached hydrogens (tertiary/aromatic N) is 2. The highest BCUT2D eigenvalue weighted by Crippen LogP contribution is 2.26. The molecule has 0 bridgehead atoms. The standard InChI is InChI=1S/C24H23N3O2/c1-3-27(4-2)20-14-12-17(13-15-20)23(28)25-19-9-7-8-18(16-19)24-26-21-10-5-6-11-22(21)29-24/h5-16H,3-4H2,1-2H3,(H,25,28). The number of nitrogens with one attached hydrogen (secondary N) is 1. The Balaban J connectivity index is 1.52. The highest BCUT2D eigenvalue weighted by Gasteiger charge is 2.11. The summed E-state index contributed by atoms with van der Waals surface area (Å²) in [5, 5.41) is 2.96. The number of benzene rings is 3. The number of fused-ring (bicyclic) bond motifs is 1. The molecule has 1 heterocycles. The molecular weight excluding hydrogens is 362 g/mol. The Bertz CT molecular complexity index is 1100. The molecule has 4 rings (SSSR count). The Hall–Kier alpha value is -3.60. The van der Waals surface area contributed by atoms with Gasteiger partial charge in [-0.3, -0.25) is 4.79 Å². The van der Waals surface area contributed by atoms with Crippen molar-refractivity contribution in [2.45, 2.75) is 13.8 Å². The fraction of sp³-hybridized carbons (Fsp3) is 0.167. The molecule has 29 heavy (non-hydrogen) atoms. The van der Waals surface area contributed by atoms with Crippen molar-refractivity contribution in [2.75, 3.05) is 23.3 Å². The molecule has 0 aliphatic rings. The molecule has 0 saturated carbocycles. The van der Waals surface area contributed by atoms with Crippen LogP contribution < -0.4 is 10.2 Å². The second-order valence-electron chi connectivity index (χ2n) is 6.74. The lowest BCUT2D eigenvalue weighted by atomic mass is 10.1. The first kappa shape index (κ1) is 18.7. The van der Waals surface area contributed by atoms with Gasteiger partial charge in [-0.15, -0.1) is 0 Å². The Morgan fingerprint density at radius 2 is 1.72 bits per heavy atom. The van der Waals surface area contributed by atoms with Gasteiger partial charge in [0, 0.05) is 35.6 Å². The number of anilines is 2. The van der Waals surface area contributed by atoms with Gasteiger partial charge in [0.1, 0.15) is 5.52 Å². The minimum atomic E-state index is -0.147. The summed E-state index contributed by atoms with van der Waals surface area (Å²) >= 11 is 0.